The van der Waals surface area contributed by atoms with Crippen molar-refractivity contribution in [1.29, 1.82) is 0 Å². The fourth-order valence-electron chi connectivity index (χ4n) is 2.59. The van der Waals surface area contributed by atoms with E-state index in [0.29, 0.717) is 6.04 Å². The Hall–Kier alpha value is -1.16. The fraction of sp³-hybridized carbons (Fsp3) is 0.250. The molecule has 0 bridgehead atoms. The van der Waals surface area contributed by atoms with Crippen LogP contribution in [0.5, 0.6) is 0 Å². The van der Waals surface area contributed by atoms with Gasteiger partial charge in [0.05, 0.1) is 0 Å². The number of hydrogen-bond donors (Lipinski definition) is 0. The van der Waals surface area contributed by atoms with Gasteiger partial charge in [0.25, 0.3) is 0 Å². The first kappa shape index (κ1) is 13.3. The smallest absolute Gasteiger partial charge is 0.387 e. The van der Waals surface area contributed by atoms with Crippen LogP contribution in [0.2, 0.25) is 0 Å². The van der Waals surface area contributed by atoms with E-state index in [1.165, 1.54) is 16.8 Å². The molecule has 1 atom stereocenters. The van der Waals surface area contributed by atoms with Crippen molar-refractivity contribution >= 4 is 5.69 Å². The first-order valence-corrected chi connectivity index (χ1v) is 6.14. The molecule has 2 aromatic carbocycles. The Balaban J connectivity index is 0.00000120. The van der Waals surface area contributed by atoms with Gasteiger partial charge in [-0.15, -0.1) is 11.6 Å². The summed E-state index contributed by atoms with van der Waals surface area (Å²) in [5.41, 5.74) is 4.18. The Morgan fingerprint density at radius 3 is 2.78 bits per heavy atom. The van der Waals surface area contributed by atoms with Crippen molar-refractivity contribution < 1.29 is 18.9 Å². The largest absolute Gasteiger partial charge is 1.00 e. The number of hydrogen-bond acceptors (Lipinski definition) is 1. The minimum Gasteiger partial charge on any atom is -0.387 e. The molecule has 18 heavy (non-hydrogen) atoms. The van der Waals surface area contributed by atoms with Gasteiger partial charge in [0.15, 0.2) is 0 Å². The first-order valence-electron chi connectivity index (χ1n) is 6.14. The molecule has 0 aromatic heterocycles. The third-order valence-corrected chi connectivity index (χ3v) is 3.48. The summed E-state index contributed by atoms with van der Waals surface area (Å²) in [5, 5.41) is 0. The number of benzene rings is 2. The molecule has 0 saturated heterocycles. The molecule has 0 N–H and O–H groups in total. The van der Waals surface area contributed by atoms with Crippen LogP contribution in [0.4, 0.5) is 5.69 Å². The number of rotatable bonds is 2. The number of fused-ring (bicyclic) bond motifs is 1. The van der Waals surface area contributed by atoms with Crippen molar-refractivity contribution in [2.24, 2.45) is 0 Å². The monoisotopic (exact) mass is 229 g/mol. The van der Waals surface area contributed by atoms with Gasteiger partial charge in [0.2, 0.25) is 0 Å². The van der Waals surface area contributed by atoms with Gasteiger partial charge in [-0.2, -0.15) is 18.2 Å². The fourth-order valence-corrected chi connectivity index (χ4v) is 2.59. The Bertz CT molecular complexity index is 510. The summed E-state index contributed by atoms with van der Waals surface area (Å²) in [7, 11) is 0. The van der Waals surface area contributed by atoms with Crippen molar-refractivity contribution in [1.82, 2.24) is 0 Å². The molecule has 1 aliphatic rings. The summed E-state index contributed by atoms with van der Waals surface area (Å²) in [4.78, 5) is 2.48. The van der Waals surface area contributed by atoms with Crippen molar-refractivity contribution in [3.63, 3.8) is 0 Å². The predicted molar refractivity (Wildman–Crippen MR) is 71.1 cm³/mol. The summed E-state index contributed by atoms with van der Waals surface area (Å²) in [6.07, 6.45) is 1.14. The topological polar surface area (TPSA) is 3.24 Å². The van der Waals surface area contributed by atoms with Crippen LogP contribution in [-0.2, 0) is 13.0 Å². The van der Waals surface area contributed by atoms with Crippen LogP contribution in [0.25, 0.3) is 0 Å². The molecule has 1 heterocycles. The van der Waals surface area contributed by atoms with Crippen LogP contribution in [0.15, 0.2) is 48.5 Å². The molecule has 0 saturated carbocycles. The zero-order chi connectivity index (χ0) is 11.7. The maximum absolute atomic E-state index is 3.17. The minimum atomic E-state index is 0. The zero-order valence-electron chi connectivity index (χ0n) is 11.1. The Labute approximate surface area is 121 Å². The van der Waals surface area contributed by atoms with E-state index < -0.39 is 0 Å². The molecule has 1 aliphatic heterocycles. The third-order valence-electron chi connectivity index (χ3n) is 3.48. The minimum absolute atomic E-state index is 0. The molecule has 0 aliphatic carbocycles. The summed E-state index contributed by atoms with van der Waals surface area (Å²) in [5.74, 6) is 0. The maximum Gasteiger partial charge on any atom is 1.00 e. The van der Waals surface area contributed by atoms with Gasteiger partial charge in [0.1, 0.15) is 0 Å². The molecule has 3 rings (SSSR count). The number of nitrogens with zero attached hydrogens (tertiary/aromatic N) is 1. The van der Waals surface area contributed by atoms with Gasteiger partial charge >= 0.3 is 18.9 Å². The van der Waals surface area contributed by atoms with E-state index in [1.807, 2.05) is 6.07 Å². The van der Waals surface area contributed by atoms with Crippen molar-refractivity contribution in [3.8, 4) is 0 Å². The molecular formula is C16H16LiN. The summed E-state index contributed by atoms with van der Waals surface area (Å²) in [6.45, 7) is 3.29. The van der Waals surface area contributed by atoms with E-state index in [1.54, 1.807) is 0 Å². The van der Waals surface area contributed by atoms with Gasteiger partial charge in [-0.1, -0.05) is 42.4 Å². The molecule has 0 radical (unpaired) electrons. The van der Waals surface area contributed by atoms with Gasteiger partial charge in [0, 0.05) is 12.6 Å². The molecule has 2 heteroatoms. The molecule has 0 amide bonds. The van der Waals surface area contributed by atoms with E-state index >= 15 is 0 Å². The average molecular weight is 229 g/mol. The van der Waals surface area contributed by atoms with E-state index in [4.69, 9.17) is 0 Å². The second kappa shape index (κ2) is 5.65. The number of anilines is 1. The quantitative estimate of drug-likeness (QED) is 0.533. The Morgan fingerprint density at radius 2 is 2.00 bits per heavy atom. The Kier molecular flexibility index (Phi) is 4.17. The zero-order valence-corrected chi connectivity index (χ0v) is 11.1. The van der Waals surface area contributed by atoms with E-state index in [-0.39, 0.29) is 18.9 Å². The molecule has 0 spiro atoms. The SMILES string of the molecule is CC1Cc2c[c-]ccc2N1Cc1ccccc1.[Li+]. The van der Waals surface area contributed by atoms with E-state index in [9.17, 15) is 0 Å². The van der Waals surface area contributed by atoms with Crippen LogP contribution in [0, 0.1) is 6.07 Å². The standard InChI is InChI=1S/C16H16N.Li/c1-13-11-15-9-5-6-10-16(15)17(13)12-14-7-3-2-4-8-14;/h2-4,6-10,13H,11-12H2,1H3;/q-1;+1. The van der Waals surface area contributed by atoms with Crippen LogP contribution < -0.4 is 23.8 Å². The van der Waals surface area contributed by atoms with E-state index in [0.717, 1.165) is 13.0 Å². The van der Waals surface area contributed by atoms with Crippen molar-refractivity contribution in [3.05, 3.63) is 65.7 Å². The molecule has 86 valence electrons. The molecule has 1 unspecified atom stereocenters. The first-order chi connectivity index (χ1) is 8.34. The molecule has 2 aromatic rings. The van der Waals surface area contributed by atoms with E-state index in [2.05, 4.69) is 60.4 Å². The van der Waals surface area contributed by atoms with Crippen molar-refractivity contribution in [2.45, 2.75) is 25.9 Å². The second-order valence-electron chi connectivity index (χ2n) is 4.72. The normalized spacial score (nSPS) is 17.2. The summed E-state index contributed by atoms with van der Waals surface area (Å²) < 4.78 is 0. The van der Waals surface area contributed by atoms with Crippen LogP contribution in [-0.4, -0.2) is 6.04 Å². The van der Waals surface area contributed by atoms with Crippen molar-refractivity contribution in [2.75, 3.05) is 4.90 Å². The second-order valence-corrected chi connectivity index (χ2v) is 4.72. The van der Waals surface area contributed by atoms with Crippen LogP contribution in [0.1, 0.15) is 18.1 Å². The molecule has 0 fully saturated rings. The Morgan fingerprint density at radius 1 is 1.22 bits per heavy atom. The van der Waals surface area contributed by atoms with Gasteiger partial charge in [-0.25, -0.2) is 0 Å². The third kappa shape index (κ3) is 2.48. The van der Waals surface area contributed by atoms with Gasteiger partial charge < -0.3 is 4.90 Å². The van der Waals surface area contributed by atoms with Gasteiger partial charge in [-0.05, 0) is 12.5 Å². The average Bonchev–Trinajstić information content (AvgIpc) is 2.68. The predicted octanol–water partition coefficient (Wildman–Crippen LogP) is 0.442. The van der Waals surface area contributed by atoms with Crippen LogP contribution >= 0.6 is 0 Å². The summed E-state index contributed by atoms with van der Waals surface area (Å²) >= 11 is 0. The maximum atomic E-state index is 3.17. The van der Waals surface area contributed by atoms with Crippen LogP contribution in [0.3, 0.4) is 0 Å². The molecular weight excluding hydrogens is 213 g/mol. The molecule has 1 nitrogen and oxygen atoms in total. The summed E-state index contributed by atoms with van der Waals surface area (Å²) in [6, 6.07) is 20.7. The van der Waals surface area contributed by atoms with Gasteiger partial charge in [-0.3, -0.25) is 0 Å².